The number of benzene rings is 3. The van der Waals surface area contributed by atoms with E-state index < -0.39 is 0 Å². The quantitative estimate of drug-likeness (QED) is 0.346. The van der Waals surface area contributed by atoms with Crippen LogP contribution in [0.4, 0.5) is 11.4 Å². The van der Waals surface area contributed by atoms with Gasteiger partial charge in [0.25, 0.3) is 0 Å². The van der Waals surface area contributed by atoms with E-state index in [1.54, 1.807) is 42.6 Å². The molecule has 0 amide bonds. The first-order chi connectivity index (χ1) is 14.6. The second-order valence-electron chi connectivity index (χ2n) is 6.85. The summed E-state index contributed by atoms with van der Waals surface area (Å²) in [5.41, 5.74) is 4.09. The van der Waals surface area contributed by atoms with E-state index in [9.17, 15) is 10.2 Å². The van der Waals surface area contributed by atoms with Crippen LogP contribution < -0.4 is 5.49 Å². The van der Waals surface area contributed by atoms with Crippen LogP contribution in [-0.4, -0.2) is 25.8 Å². The average Bonchev–Trinajstić information content (AvgIpc) is 2.99. The number of aromatic nitrogens is 2. The largest absolute Gasteiger partial charge is 0.507 e. The molecule has 0 fully saturated rings. The SMILES string of the molecule is Cc1c(N=Cc2ccccc2O)c(=Nc2ccccc2O)n(-c2ccccc2)n1C.[Cu]. The van der Waals surface area contributed by atoms with Gasteiger partial charge in [-0.05, 0) is 43.3 Å². The van der Waals surface area contributed by atoms with Crippen LogP contribution in [0.15, 0.2) is 88.8 Å². The van der Waals surface area contributed by atoms with Gasteiger partial charge in [-0.3, -0.25) is 9.67 Å². The molecule has 0 saturated heterocycles. The molecule has 0 spiro atoms. The van der Waals surface area contributed by atoms with Crippen molar-refractivity contribution in [3.63, 3.8) is 0 Å². The van der Waals surface area contributed by atoms with Crippen molar-refractivity contribution in [1.82, 2.24) is 9.36 Å². The van der Waals surface area contributed by atoms with Crippen LogP contribution in [0.1, 0.15) is 11.3 Å². The summed E-state index contributed by atoms with van der Waals surface area (Å²) in [7, 11) is 1.94. The zero-order valence-corrected chi connectivity index (χ0v) is 18.0. The van der Waals surface area contributed by atoms with E-state index in [0.717, 1.165) is 11.4 Å². The summed E-state index contributed by atoms with van der Waals surface area (Å²) in [6, 6.07) is 23.8. The van der Waals surface area contributed by atoms with Crippen molar-refractivity contribution >= 4 is 17.6 Å². The van der Waals surface area contributed by atoms with Crippen molar-refractivity contribution in [3.05, 3.63) is 95.6 Å². The first-order valence-electron chi connectivity index (χ1n) is 9.55. The van der Waals surface area contributed by atoms with E-state index in [1.165, 1.54) is 0 Å². The van der Waals surface area contributed by atoms with Crippen LogP contribution in [0.25, 0.3) is 5.69 Å². The summed E-state index contributed by atoms with van der Waals surface area (Å²) in [6.45, 7) is 1.96. The normalized spacial score (nSPS) is 11.6. The predicted molar refractivity (Wildman–Crippen MR) is 118 cm³/mol. The average molecular weight is 462 g/mol. The number of nitrogens with zero attached hydrogens (tertiary/aromatic N) is 4. The zero-order valence-electron chi connectivity index (χ0n) is 17.1. The minimum atomic E-state index is 0. The van der Waals surface area contributed by atoms with Gasteiger partial charge in [-0.2, -0.15) is 0 Å². The number of para-hydroxylation sites is 4. The molecule has 1 heterocycles. The molecule has 0 saturated carbocycles. The molecule has 4 aromatic rings. The van der Waals surface area contributed by atoms with E-state index >= 15 is 0 Å². The molecule has 161 valence electrons. The minimum Gasteiger partial charge on any atom is -0.507 e. The Hall–Kier alpha value is -3.54. The molecule has 4 rings (SSSR count). The van der Waals surface area contributed by atoms with Gasteiger partial charge < -0.3 is 10.2 Å². The van der Waals surface area contributed by atoms with Crippen LogP contribution in [0.2, 0.25) is 0 Å². The Kier molecular flexibility index (Phi) is 6.80. The molecule has 0 atom stereocenters. The maximum Gasteiger partial charge on any atom is 0.180 e. The van der Waals surface area contributed by atoms with E-state index in [0.29, 0.717) is 22.4 Å². The van der Waals surface area contributed by atoms with Gasteiger partial charge in [0.2, 0.25) is 0 Å². The first-order valence-corrected chi connectivity index (χ1v) is 9.55. The van der Waals surface area contributed by atoms with Gasteiger partial charge in [0.05, 0.1) is 11.4 Å². The number of hydrogen-bond acceptors (Lipinski definition) is 4. The van der Waals surface area contributed by atoms with Crippen LogP contribution in [0.5, 0.6) is 11.5 Å². The maximum atomic E-state index is 10.3. The number of aromatic hydroxyl groups is 2. The van der Waals surface area contributed by atoms with Crippen molar-refractivity contribution in [3.8, 4) is 17.2 Å². The molecule has 1 radical (unpaired) electrons. The van der Waals surface area contributed by atoms with Crippen LogP contribution in [0, 0.1) is 6.92 Å². The van der Waals surface area contributed by atoms with Crippen LogP contribution in [0.3, 0.4) is 0 Å². The molecule has 0 aliphatic carbocycles. The van der Waals surface area contributed by atoms with Crippen molar-refractivity contribution in [2.45, 2.75) is 6.92 Å². The number of hydrogen-bond donors (Lipinski definition) is 2. The summed E-state index contributed by atoms with van der Waals surface area (Å²) >= 11 is 0. The van der Waals surface area contributed by atoms with E-state index in [-0.39, 0.29) is 28.6 Å². The first kappa shape index (κ1) is 22.2. The standard InChI is InChI=1S/C24H22N4O2.Cu/c1-17-23(25-16-18-10-6-8-14-21(18)29)24(26-20-13-7-9-15-22(20)30)28(27(17)2)19-11-4-3-5-12-19;/h3-16,29-30H,1-2H3;. The Morgan fingerprint density at radius 3 is 2.10 bits per heavy atom. The molecule has 3 aromatic carbocycles. The smallest absolute Gasteiger partial charge is 0.180 e. The fraction of sp³-hybridized carbons (Fsp3) is 0.0833. The van der Waals surface area contributed by atoms with Crippen LogP contribution in [-0.2, 0) is 24.1 Å². The molecular weight excluding hydrogens is 440 g/mol. The van der Waals surface area contributed by atoms with Crippen LogP contribution >= 0.6 is 0 Å². The molecule has 2 N–H and O–H groups in total. The number of rotatable bonds is 4. The third kappa shape index (κ3) is 4.48. The van der Waals surface area contributed by atoms with Gasteiger partial charge in [0.15, 0.2) is 5.49 Å². The topological polar surface area (TPSA) is 75.0 Å². The molecule has 0 unspecified atom stereocenters. The summed E-state index contributed by atoms with van der Waals surface area (Å²) in [5.74, 6) is 0.249. The fourth-order valence-corrected chi connectivity index (χ4v) is 3.23. The Morgan fingerprint density at radius 2 is 1.42 bits per heavy atom. The second-order valence-corrected chi connectivity index (χ2v) is 6.85. The monoisotopic (exact) mass is 461 g/mol. The Bertz CT molecular complexity index is 1290. The zero-order chi connectivity index (χ0) is 21.1. The summed E-state index contributed by atoms with van der Waals surface area (Å²) in [5, 5.41) is 20.3. The van der Waals surface area contributed by atoms with Gasteiger partial charge in [0.1, 0.15) is 22.9 Å². The molecule has 31 heavy (non-hydrogen) atoms. The molecule has 0 bridgehead atoms. The third-order valence-corrected chi connectivity index (χ3v) is 4.92. The Balaban J connectivity index is 0.00000272. The van der Waals surface area contributed by atoms with Gasteiger partial charge in [-0.15, -0.1) is 0 Å². The Morgan fingerprint density at radius 1 is 0.806 bits per heavy atom. The third-order valence-electron chi connectivity index (χ3n) is 4.92. The molecule has 0 aliphatic heterocycles. The van der Waals surface area contributed by atoms with E-state index in [1.807, 2.05) is 65.8 Å². The second kappa shape index (κ2) is 9.51. The molecule has 0 aliphatic rings. The van der Waals surface area contributed by atoms with Gasteiger partial charge >= 0.3 is 0 Å². The molecule has 7 heteroatoms. The minimum absolute atomic E-state index is 0. The summed E-state index contributed by atoms with van der Waals surface area (Å²) < 4.78 is 3.91. The number of phenols is 2. The van der Waals surface area contributed by atoms with Crippen molar-refractivity contribution in [2.75, 3.05) is 0 Å². The Labute approximate surface area is 190 Å². The van der Waals surface area contributed by atoms with Gasteiger partial charge in [-0.25, -0.2) is 9.67 Å². The van der Waals surface area contributed by atoms with Gasteiger partial charge in [0, 0.05) is 35.9 Å². The number of aliphatic imine (C=N–C) groups is 1. The maximum absolute atomic E-state index is 10.3. The summed E-state index contributed by atoms with van der Waals surface area (Å²) in [6.07, 6.45) is 1.62. The van der Waals surface area contributed by atoms with E-state index in [4.69, 9.17) is 4.99 Å². The predicted octanol–water partition coefficient (Wildman–Crippen LogP) is 4.52. The molecule has 6 nitrogen and oxygen atoms in total. The molecular formula is C24H22CuN4O2. The number of phenolic OH excluding ortho intramolecular Hbond substituents is 2. The van der Waals surface area contributed by atoms with E-state index in [2.05, 4.69) is 4.99 Å². The summed E-state index contributed by atoms with van der Waals surface area (Å²) in [4.78, 5) is 9.42. The fourth-order valence-electron chi connectivity index (χ4n) is 3.23. The van der Waals surface area contributed by atoms with Crippen molar-refractivity contribution in [2.24, 2.45) is 17.0 Å². The molecule has 1 aromatic heterocycles. The van der Waals surface area contributed by atoms with Crippen molar-refractivity contribution in [1.29, 1.82) is 0 Å². The van der Waals surface area contributed by atoms with Crippen molar-refractivity contribution < 1.29 is 27.3 Å². The van der Waals surface area contributed by atoms with Gasteiger partial charge in [-0.1, -0.05) is 42.5 Å².